The number of guanidine groups is 1. The van der Waals surface area contributed by atoms with E-state index in [0.29, 0.717) is 19.3 Å². The number of aliphatic imine (C=N–C) groups is 1. The molecule has 8 nitrogen and oxygen atoms in total. The zero-order chi connectivity index (χ0) is 21.7. The molecule has 1 unspecified atom stereocenters. The fourth-order valence-electron chi connectivity index (χ4n) is 3.91. The summed E-state index contributed by atoms with van der Waals surface area (Å²) < 4.78 is 11.3. The molecule has 2 N–H and O–H groups in total. The Bertz CT molecular complexity index is 664. The van der Waals surface area contributed by atoms with Crippen molar-refractivity contribution in [3.05, 3.63) is 23.9 Å². The van der Waals surface area contributed by atoms with Crippen LogP contribution in [0, 0.1) is 0 Å². The zero-order valence-electron chi connectivity index (χ0n) is 19.7. The lowest BCUT2D eigenvalue weighted by atomic mass is 10.2. The summed E-state index contributed by atoms with van der Waals surface area (Å²) in [6, 6.07) is 4.23. The summed E-state index contributed by atoms with van der Waals surface area (Å²) in [6.45, 7) is 14.4. The number of piperazine rings is 1. The highest BCUT2D eigenvalue weighted by atomic mass is 127. The lowest BCUT2D eigenvalue weighted by molar-refractivity contribution is 0.0168. The average molecular weight is 561 g/mol. The molecule has 1 aromatic heterocycles. The number of rotatable bonds is 11. The molecule has 9 heteroatoms. The lowest BCUT2D eigenvalue weighted by Crippen LogP contribution is -2.46. The second-order valence-electron chi connectivity index (χ2n) is 8.13. The first kappa shape index (κ1) is 27.1. The number of halogens is 1. The predicted molar refractivity (Wildman–Crippen MR) is 141 cm³/mol. The molecule has 3 heterocycles. The van der Waals surface area contributed by atoms with Crippen molar-refractivity contribution in [2.75, 3.05) is 70.5 Å². The maximum absolute atomic E-state index is 5.73. The molecule has 0 amide bonds. The summed E-state index contributed by atoms with van der Waals surface area (Å²) in [5, 5.41) is 6.73. The van der Waals surface area contributed by atoms with Crippen LogP contribution in [-0.4, -0.2) is 87.6 Å². The molecule has 0 radical (unpaired) electrons. The molecule has 2 aliphatic rings. The number of ether oxygens (including phenoxy) is 2. The minimum atomic E-state index is 0. The van der Waals surface area contributed by atoms with E-state index in [1.165, 1.54) is 5.56 Å². The first-order valence-corrected chi connectivity index (χ1v) is 11.9. The second-order valence-corrected chi connectivity index (χ2v) is 8.13. The third-order valence-corrected chi connectivity index (χ3v) is 5.80. The third kappa shape index (κ3) is 9.36. The molecule has 3 rings (SSSR count). The summed E-state index contributed by atoms with van der Waals surface area (Å²) in [7, 11) is 0. The average Bonchev–Trinajstić information content (AvgIpc) is 3.33. The van der Waals surface area contributed by atoms with Gasteiger partial charge in [-0.3, -0.25) is 0 Å². The van der Waals surface area contributed by atoms with Gasteiger partial charge in [-0.1, -0.05) is 6.92 Å². The zero-order valence-corrected chi connectivity index (χ0v) is 22.1. The van der Waals surface area contributed by atoms with E-state index in [1.54, 1.807) is 0 Å². The van der Waals surface area contributed by atoms with Crippen LogP contribution in [0.4, 0.5) is 5.82 Å². The third-order valence-electron chi connectivity index (χ3n) is 5.80. The molecule has 1 aromatic rings. The van der Waals surface area contributed by atoms with Crippen LogP contribution < -0.4 is 15.5 Å². The van der Waals surface area contributed by atoms with Crippen LogP contribution in [0.25, 0.3) is 0 Å². The first-order valence-electron chi connectivity index (χ1n) is 11.9. The van der Waals surface area contributed by atoms with Crippen LogP contribution in [0.15, 0.2) is 23.3 Å². The smallest absolute Gasteiger partial charge is 0.191 e. The Hall–Kier alpha value is -1.17. The molecule has 2 saturated heterocycles. The Labute approximate surface area is 210 Å². The number of hydrogen-bond acceptors (Lipinski definition) is 6. The molecule has 0 spiro atoms. The second kappa shape index (κ2) is 15.6. The van der Waals surface area contributed by atoms with Crippen LogP contribution in [0.2, 0.25) is 0 Å². The van der Waals surface area contributed by atoms with Gasteiger partial charge in [-0.2, -0.15) is 0 Å². The van der Waals surface area contributed by atoms with Gasteiger partial charge in [0.05, 0.1) is 19.3 Å². The molecule has 0 aromatic carbocycles. The molecule has 2 aliphatic heterocycles. The van der Waals surface area contributed by atoms with Crippen molar-refractivity contribution in [3.8, 4) is 0 Å². The molecule has 32 heavy (non-hydrogen) atoms. The number of nitrogens with one attached hydrogen (secondary N) is 2. The van der Waals surface area contributed by atoms with Gasteiger partial charge in [0.2, 0.25) is 0 Å². The van der Waals surface area contributed by atoms with E-state index in [1.807, 2.05) is 6.20 Å². The molecule has 1 atom stereocenters. The SMILES string of the molecule is CCNC(=NCc1ccnc(N2CCN(CC)CC2)c1)NCCCOCC1CCCO1.I. The predicted octanol–water partition coefficient (Wildman–Crippen LogP) is 2.48. The number of pyridine rings is 1. The number of aromatic nitrogens is 1. The van der Waals surface area contributed by atoms with Crippen molar-refractivity contribution in [1.29, 1.82) is 0 Å². The maximum Gasteiger partial charge on any atom is 0.191 e. The fourth-order valence-corrected chi connectivity index (χ4v) is 3.91. The van der Waals surface area contributed by atoms with Crippen molar-refractivity contribution in [1.82, 2.24) is 20.5 Å². The van der Waals surface area contributed by atoms with Crippen LogP contribution >= 0.6 is 24.0 Å². The minimum absolute atomic E-state index is 0. The van der Waals surface area contributed by atoms with Gasteiger partial charge < -0.3 is 29.9 Å². The standard InChI is InChI=1S/C23H40N6O2.HI/c1-3-24-23(26-9-6-15-30-19-21-7-5-16-31-21)27-18-20-8-10-25-22(17-20)29-13-11-28(4-2)12-14-29;/h8,10,17,21H,3-7,9,11-16,18-19H2,1-2H3,(H2,24,26,27);1H. The summed E-state index contributed by atoms with van der Waals surface area (Å²) >= 11 is 0. The highest BCUT2D eigenvalue weighted by molar-refractivity contribution is 14.0. The Morgan fingerprint density at radius 3 is 2.81 bits per heavy atom. The molecular formula is C23H41IN6O2. The van der Waals surface area contributed by atoms with Gasteiger partial charge in [0, 0.05) is 58.7 Å². The van der Waals surface area contributed by atoms with Crippen molar-refractivity contribution in [3.63, 3.8) is 0 Å². The Morgan fingerprint density at radius 2 is 2.09 bits per heavy atom. The lowest BCUT2D eigenvalue weighted by Gasteiger charge is -2.34. The highest BCUT2D eigenvalue weighted by Crippen LogP contribution is 2.16. The van der Waals surface area contributed by atoms with Gasteiger partial charge in [-0.05, 0) is 50.4 Å². The Balaban J connectivity index is 0.00000363. The summed E-state index contributed by atoms with van der Waals surface area (Å²) in [5.41, 5.74) is 1.18. The summed E-state index contributed by atoms with van der Waals surface area (Å²) in [6.07, 6.45) is 5.43. The van der Waals surface area contributed by atoms with E-state index >= 15 is 0 Å². The van der Waals surface area contributed by atoms with E-state index in [4.69, 9.17) is 14.5 Å². The number of anilines is 1. The normalized spacial score (nSPS) is 19.6. The Kier molecular flexibility index (Phi) is 13.2. The minimum Gasteiger partial charge on any atom is -0.379 e. The van der Waals surface area contributed by atoms with Crippen LogP contribution in [-0.2, 0) is 16.0 Å². The van der Waals surface area contributed by atoms with Gasteiger partial charge in [0.15, 0.2) is 5.96 Å². The molecule has 0 aliphatic carbocycles. The van der Waals surface area contributed by atoms with Crippen LogP contribution in [0.1, 0.15) is 38.7 Å². The fraction of sp³-hybridized carbons (Fsp3) is 0.739. The van der Waals surface area contributed by atoms with Gasteiger partial charge in [-0.15, -0.1) is 24.0 Å². The van der Waals surface area contributed by atoms with Crippen LogP contribution in [0.3, 0.4) is 0 Å². The van der Waals surface area contributed by atoms with E-state index in [-0.39, 0.29) is 24.0 Å². The van der Waals surface area contributed by atoms with Gasteiger partial charge in [0.1, 0.15) is 5.82 Å². The molecule has 182 valence electrons. The number of likely N-dealkylation sites (N-methyl/N-ethyl adjacent to an activating group) is 1. The van der Waals surface area contributed by atoms with Crippen LogP contribution in [0.5, 0.6) is 0 Å². The van der Waals surface area contributed by atoms with Gasteiger partial charge in [0.25, 0.3) is 0 Å². The van der Waals surface area contributed by atoms with Crippen molar-refractivity contribution >= 4 is 35.8 Å². The monoisotopic (exact) mass is 560 g/mol. The quantitative estimate of drug-likeness (QED) is 0.187. The number of hydrogen-bond donors (Lipinski definition) is 2. The molecule has 0 saturated carbocycles. The largest absolute Gasteiger partial charge is 0.379 e. The van der Waals surface area contributed by atoms with Gasteiger partial charge >= 0.3 is 0 Å². The van der Waals surface area contributed by atoms with E-state index in [9.17, 15) is 0 Å². The summed E-state index contributed by atoms with van der Waals surface area (Å²) in [4.78, 5) is 14.2. The van der Waals surface area contributed by atoms with Gasteiger partial charge in [-0.25, -0.2) is 9.98 Å². The van der Waals surface area contributed by atoms with Crippen molar-refractivity contribution < 1.29 is 9.47 Å². The van der Waals surface area contributed by atoms with Crippen molar-refractivity contribution in [2.24, 2.45) is 4.99 Å². The number of nitrogens with zero attached hydrogens (tertiary/aromatic N) is 4. The topological polar surface area (TPSA) is 74.3 Å². The maximum atomic E-state index is 5.73. The van der Waals surface area contributed by atoms with E-state index in [0.717, 1.165) is 90.1 Å². The molecular weight excluding hydrogens is 519 g/mol. The Morgan fingerprint density at radius 1 is 1.25 bits per heavy atom. The highest BCUT2D eigenvalue weighted by Gasteiger charge is 2.17. The van der Waals surface area contributed by atoms with Crippen molar-refractivity contribution in [2.45, 2.75) is 45.8 Å². The van der Waals surface area contributed by atoms with E-state index < -0.39 is 0 Å². The first-order chi connectivity index (χ1) is 15.3. The summed E-state index contributed by atoms with van der Waals surface area (Å²) in [5.74, 6) is 1.90. The molecule has 2 fully saturated rings. The van der Waals surface area contributed by atoms with E-state index in [2.05, 4.69) is 51.4 Å². The molecule has 0 bridgehead atoms.